The molecular weight excluding hydrogens is 392 g/mol. The van der Waals surface area contributed by atoms with E-state index in [0.29, 0.717) is 13.2 Å². The van der Waals surface area contributed by atoms with Gasteiger partial charge in [-0.1, -0.05) is 6.07 Å². The largest absolute Gasteiger partial charge is 0.497 e. The van der Waals surface area contributed by atoms with Gasteiger partial charge in [-0.2, -0.15) is 0 Å². The van der Waals surface area contributed by atoms with Gasteiger partial charge < -0.3 is 24.4 Å². The third kappa shape index (κ3) is 7.05. The van der Waals surface area contributed by atoms with Crippen LogP contribution in [0, 0.1) is 5.92 Å². The van der Waals surface area contributed by atoms with E-state index in [1.165, 1.54) is 24.9 Å². The normalized spacial score (nSPS) is 23.1. The number of hydrogen-bond donors (Lipinski definition) is 1. The van der Waals surface area contributed by atoms with Crippen molar-refractivity contribution in [2.45, 2.75) is 25.5 Å². The van der Waals surface area contributed by atoms with Gasteiger partial charge >= 0.3 is 0 Å². The quantitative estimate of drug-likeness (QED) is 0.596. The van der Waals surface area contributed by atoms with Crippen LogP contribution in [0.15, 0.2) is 18.2 Å². The molecular formula is C24H40N4O3. The Hall–Kier alpha value is -1.38. The number of ether oxygens (including phenoxy) is 2. The molecule has 0 bridgehead atoms. The number of methoxy groups -OCH3 is 1. The minimum absolute atomic E-state index is 0.307. The number of rotatable bonds is 10. The predicted octanol–water partition coefficient (Wildman–Crippen LogP) is 1.21. The van der Waals surface area contributed by atoms with Crippen LogP contribution in [-0.4, -0.2) is 117 Å². The maximum absolute atomic E-state index is 10.5. The summed E-state index contributed by atoms with van der Waals surface area (Å²) in [5.74, 6) is 2.59. The Bertz CT molecular complexity index is 683. The summed E-state index contributed by atoms with van der Waals surface area (Å²) in [5, 5.41) is 10.5. The molecule has 0 amide bonds. The summed E-state index contributed by atoms with van der Waals surface area (Å²) in [5.41, 5.74) is 1.17. The Labute approximate surface area is 187 Å². The van der Waals surface area contributed by atoms with Gasteiger partial charge in [-0.05, 0) is 31.9 Å². The minimum atomic E-state index is -0.492. The van der Waals surface area contributed by atoms with Crippen LogP contribution in [-0.2, 0) is 6.54 Å². The number of likely N-dealkylation sites (N-methyl/N-ethyl adjacent to an activating group) is 1. The maximum atomic E-state index is 10.5. The molecule has 7 heteroatoms. The van der Waals surface area contributed by atoms with E-state index in [-0.39, 0.29) is 0 Å². The minimum Gasteiger partial charge on any atom is -0.497 e. The molecule has 1 unspecified atom stereocenters. The first-order valence-corrected chi connectivity index (χ1v) is 11.9. The molecule has 3 aliphatic rings. The lowest BCUT2D eigenvalue weighted by atomic mass is 10.1. The lowest BCUT2D eigenvalue weighted by molar-refractivity contribution is 0.0497. The second-order valence-electron chi connectivity index (χ2n) is 9.56. The van der Waals surface area contributed by atoms with Crippen LogP contribution in [0.4, 0.5) is 0 Å². The molecule has 174 valence electrons. The van der Waals surface area contributed by atoms with Crippen molar-refractivity contribution >= 4 is 0 Å². The molecule has 2 saturated heterocycles. The number of hydrogen-bond acceptors (Lipinski definition) is 7. The first kappa shape index (κ1) is 22.8. The Morgan fingerprint density at radius 2 is 1.65 bits per heavy atom. The fourth-order valence-corrected chi connectivity index (χ4v) is 4.53. The van der Waals surface area contributed by atoms with E-state index in [4.69, 9.17) is 9.47 Å². The van der Waals surface area contributed by atoms with Crippen molar-refractivity contribution in [1.82, 2.24) is 19.6 Å². The Balaban J connectivity index is 1.28. The van der Waals surface area contributed by atoms with Gasteiger partial charge in [-0.3, -0.25) is 9.80 Å². The standard InChI is InChI=1S/C24H40N4O3/c1-25-7-9-28(10-8-25)18-22(29)19-31-24-15-23(30-2)6-5-21(24)17-27-13-11-26(12-14-27)16-20-3-4-20/h5-6,15,20,22,29H,3-4,7-14,16-19H2,1-2H3. The zero-order valence-electron chi connectivity index (χ0n) is 19.3. The number of aliphatic hydroxyl groups is 1. The third-order valence-electron chi connectivity index (χ3n) is 6.84. The molecule has 2 aliphatic heterocycles. The monoisotopic (exact) mass is 432 g/mol. The van der Waals surface area contributed by atoms with E-state index in [1.54, 1.807) is 7.11 Å². The highest BCUT2D eigenvalue weighted by Crippen LogP contribution is 2.30. The van der Waals surface area contributed by atoms with Gasteiger partial charge in [0.1, 0.15) is 24.2 Å². The number of β-amino-alcohol motifs (C(OH)–C–C–N with tert-alkyl or cyclic N) is 1. The van der Waals surface area contributed by atoms with Gasteiger partial charge in [-0.25, -0.2) is 0 Å². The summed E-state index contributed by atoms with van der Waals surface area (Å²) in [6, 6.07) is 6.07. The van der Waals surface area contributed by atoms with Crippen molar-refractivity contribution in [3.8, 4) is 11.5 Å². The molecule has 1 aromatic carbocycles. The smallest absolute Gasteiger partial charge is 0.127 e. The van der Waals surface area contributed by atoms with Crippen molar-refractivity contribution in [2.24, 2.45) is 5.92 Å². The SMILES string of the molecule is COc1ccc(CN2CCN(CC3CC3)CC2)c(OCC(O)CN2CCN(C)CC2)c1. The van der Waals surface area contributed by atoms with Crippen LogP contribution in [0.25, 0.3) is 0 Å². The van der Waals surface area contributed by atoms with Gasteiger partial charge in [-0.15, -0.1) is 0 Å². The summed E-state index contributed by atoms with van der Waals surface area (Å²) in [6.07, 6.45) is 2.36. The molecule has 1 saturated carbocycles. The van der Waals surface area contributed by atoms with Crippen LogP contribution in [0.3, 0.4) is 0 Å². The second kappa shape index (κ2) is 11.0. The maximum Gasteiger partial charge on any atom is 0.127 e. The highest BCUT2D eigenvalue weighted by atomic mass is 16.5. The number of nitrogens with zero attached hydrogens (tertiary/aromatic N) is 4. The van der Waals surface area contributed by atoms with Crippen molar-refractivity contribution < 1.29 is 14.6 Å². The lowest BCUT2D eigenvalue weighted by Crippen LogP contribution is -2.47. The molecule has 31 heavy (non-hydrogen) atoms. The third-order valence-corrected chi connectivity index (χ3v) is 6.84. The van der Waals surface area contributed by atoms with E-state index in [1.807, 2.05) is 12.1 Å². The molecule has 1 atom stereocenters. The van der Waals surface area contributed by atoms with E-state index in [2.05, 4.69) is 32.7 Å². The predicted molar refractivity (Wildman–Crippen MR) is 123 cm³/mol. The molecule has 7 nitrogen and oxygen atoms in total. The molecule has 0 spiro atoms. The van der Waals surface area contributed by atoms with Crippen molar-refractivity contribution in [2.75, 3.05) is 86.2 Å². The van der Waals surface area contributed by atoms with E-state index >= 15 is 0 Å². The summed E-state index contributed by atoms with van der Waals surface area (Å²) in [6.45, 7) is 11.8. The van der Waals surface area contributed by atoms with Crippen LogP contribution in [0.5, 0.6) is 11.5 Å². The Morgan fingerprint density at radius 1 is 0.968 bits per heavy atom. The molecule has 3 fully saturated rings. The first-order chi connectivity index (χ1) is 15.1. The molecule has 1 N–H and O–H groups in total. The summed E-state index contributed by atoms with van der Waals surface area (Å²) in [7, 11) is 3.83. The van der Waals surface area contributed by atoms with Gasteiger partial charge in [0.2, 0.25) is 0 Å². The lowest BCUT2D eigenvalue weighted by Gasteiger charge is -2.35. The highest BCUT2D eigenvalue weighted by molar-refractivity contribution is 5.40. The van der Waals surface area contributed by atoms with E-state index in [9.17, 15) is 5.11 Å². The highest BCUT2D eigenvalue weighted by Gasteiger charge is 2.26. The summed E-state index contributed by atoms with van der Waals surface area (Å²) < 4.78 is 11.5. The fourth-order valence-electron chi connectivity index (χ4n) is 4.53. The molecule has 0 radical (unpaired) electrons. The Kier molecular flexibility index (Phi) is 8.07. The number of benzene rings is 1. The topological polar surface area (TPSA) is 51.7 Å². The van der Waals surface area contributed by atoms with E-state index in [0.717, 1.165) is 76.3 Å². The van der Waals surface area contributed by atoms with E-state index < -0.39 is 6.10 Å². The van der Waals surface area contributed by atoms with Crippen LogP contribution in [0.2, 0.25) is 0 Å². The number of piperazine rings is 2. The fraction of sp³-hybridized carbons (Fsp3) is 0.750. The van der Waals surface area contributed by atoms with Gasteiger partial charge in [0.15, 0.2) is 0 Å². The molecule has 1 aliphatic carbocycles. The van der Waals surface area contributed by atoms with Crippen molar-refractivity contribution in [3.63, 3.8) is 0 Å². The van der Waals surface area contributed by atoms with Crippen LogP contribution >= 0.6 is 0 Å². The van der Waals surface area contributed by atoms with Crippen LogP contribution in [0.1, 0.15) is 18.4 Å². The molecule has 0 aromatic heterocycles. The average Bonchev–Trinajstić information content (AvgIpc) is 3.60. The summed E-state index contributed by atoms with van der Waals surface area (Å²) >= 11 is 0. The zero-order valence-corrected chi connectivity index (χ0v) is 19.3. The zero-order chi connectivity index (χ0) is 21.6. The molecule has 1 aromatic rings. The van der Waals surface area contributed by atoms with Crippen LogP contribution < -0.4 is 9.47 Å². The number of aliphatic hydroxyl groups excluding tert-OH is 1. The van der Waals surface area contributed by atoms with Crippen molar-refractivity contribution in [1.29, 1.82) is 0 Å². The van der Waals surface area contributed by atoms with Crippen molar-refractivity contribution in [3.05, 3.63) is 23.8 Å². The van der Waals surface area contributed by atoms with Gasteiger partial charge in [0.05, 0.1) is 7.11 Å². The van der Waals surface area contributed by atoms with Gasteiger partial charge in [0.25, 0.3) is 0 Å². The average molecular weight is 433 g/mol. The molecule has 4 rings (SSSR count). The first-order valence-electron chi connectivity index (χ1n) is 11.9. The summed E-state index contributed by atoms with van der Waals surface area (Å²) in [4.78, 5) is 9.78. The van der Waals surface area contributed by atoms with Gasteiger partial charge in [0, 0.05) is 83.6 Å². The second-order valence-corrected chi connectivity index (χ2v) is 9.56. The molecule has 2 heterocycles. The Morgan fingerprint density at radius 3 is 2.32 bits per heavy atom.